The maximum atomic E-state index is 11.7. The number of aromatic hydroxyl groups is 1. The van der Waals surface area contributed by atoms with Gasteiger partial charge in [-0.15, -0.1) is 0 Å². The minimum absolute atomic E-state index is 0.0686. The molecule has 0 aliphatic heterocycles. The first kappa shape index (κ1) is 12.7. The second kappa shape index (κ2) is 6.28. The van der Waals surface area contributed by atoms with E-state index in [1.807, 2.05) is 0 Å². The second-order valence-corrected chi connectivity index (χ2v) is 4.06. The van der Waals surface area contributed by atoms with Crippen LogP contribution in [0, 0.1) is 0 Å². The molecule has 0 aliphatic rings. The monoisotopic (exact) mass is 221 g/mol. The Labute approximate surface area is 96.3 Å². The Balaban J connectivity index is 2.47. The lowest BCUT2D eigenvalue weighted by atomic mass is 10.0. The average molecular weight is 221 g/mol. The minimum Gasteiger partial charge on any atom is -0.508 e. The van der Waals surface area contributed by atoms with E-state index >= 15 is 0 Å². The van der Waals surface area contributed by atoms with Crippen LogP contribution in [0.2, 0.25) is 0 Å². The number of hydrogen-bond acceptors (Lipinski definition) is 3. The van der Waals surface area contributed by atoms with Crippen molar-refractivity contribution >= 4 is 5.78 Å². The van der Waals surface area contributed by atoms with Crippen LogP contribution in [0.5, 0.6) is 5.75 Å². The molecular formula is C13H19NO2. The molecule has 3 nitrogen and oxygen atoms in total. The Hall–Kier alpha value is -1.35. The van der Waals surface area contributed by atoms with E-state index in [1.54, 1.807) is 24.3 Å². The van der Waals surface area contributed by atoms with Crippen molar-refractivity contribution in [3.8, 4) is 5.75 Å². The molecule has 0 saturated carbocycles. The van der Waals surface area contributed by atoms with Gasteiger partial charge in [-0.05, 0) is 24.1 Å². The Kier molecular flexibility index (Phi) is 4.99. The Morgan fingerprint density at radius 3 is 2.56 bits per heavy atom. The number of rotatable bonds is 6. The summed E-state index contributed by atoms with van der Waals surface area (Å²) in [6.07, 6.45) is 3.15. The fraction of sp³-hybridized carbons (Fsp3) is 0.462. The van der Waals surface area contributed by atoms with Crippen molar-refractivity contribution in [3.63, 3.8) is 0 Å². The van der Waals surface area contributed by atoms with Gasteiger partial charge in [-0.25, -0.2) is 0 Å². The summed E-state index contributed by atoms with van der Waals surface area (Å²) in [5, 5.41) is 9.11. The van der Waals surface area contributed by atoms with E-state index in [-0.39, 0.29) is 17.6 Å². The van der Waals surface area contributed by atoms with Gasteiger partial charge >= 0.3 is 0 Å². The smallest absolute Gasteiger partial charge is 0.153 e. The van der Waals surface area contributed by atoms with Crippen LogP contribution in [-0.2, 0) is 11.2 Å². The molecule has 0 aliphatic carbocycles. The van der Waals surface area contributed by atoms with Crippen LogP contribution in [0.15, 0.2) is 24.3 Å². The van der Waals surface area contributed by atoms with Crippen LogP contribution in [0.3, 0.4) is 0 Å². The predicted octanol–water partition coefficient (Wildman–Crippen LogP) is 2.02. The lowest BCUT2D eigenvalue weighted by Gasteiger charge is -2.09. The van der Waals surface area contributed by atoms with Gasteiger partial charge in [-0.3, -0.25) is 4.79 Å². The van der Waals surface area contributed by atoms with Crippen molar-refractivity contribution in [1.29, 1.82) is 0 Å². The topological polar surface area (TPSA) is 63.3 Å². The number of benzene rings is 1. The first-order valence-corrected chi connectivity index (χ1v) is 5.69. The molecule has 0 radical (unpaired) electrons. The molecule has 16 heavy (non-hydrogen) atoms. The fourth-order valence-corrected chi connectivity index (χ4v) is 1.53. The highest BCUT2D eigenvalue weighted by Crippen LogP contribution is 2.11. The Morgan fingerprint density at radius 2 is 2.00 bits per heavy atom. The number of nitrogens with two attached hydrogens (primary N) is 1. The third-order valence-electron chi connectivity index (χ3n) is 2.60. The van der Waals surface area contributed by atoms with E-state index in [2.05, 4.69) is 6.92 Å². The molecule has 1 atom stereocenters. The molecule has 3 N–H and O–H groups in total. The van der Waals surface area contributed by atoms with E-state index in [4.69, 9.17) is 10.8 Å². The number of phenols is 1. The quantitative estimate of drug-likeness (QED) is 0.772. The standard InChI is InChI=1S/C13H19NO2/c1-2-3-4-12(14)13(16)9-10-5-7-11(15)8-6-10/h5-8,12,15H,2-4,9,14H2,1H3. The maximum Gasteiger partial charge on any atom is 0.153 e. The van der Waals surface area contributed by atoms with Crippen LogP contribution in [0.25, 0.3) is 0 Å². The highest BCUT2D eigenvalue weighted by atomic mass is 16.3. The van der Waals surface area contributed by atoms with Crippen molar-refractivity contribution in [3.05, 3.63) is 29.8 Å². The zero-order chi connectivity index (χ0) is 12.0. The normalized spacial score (nSPS) is 12.4. The Morgan fingerprint density at radius 1 is 1.38 bits per heavy atom. The van der Waals surface area contributed by atoms with E-state index in [1.165, 1.54) is 0 Å². The number of hydrogen-bond donors (Lipinski definition) is 2. The van der Waals surface area contributed by atoms with Gasteiger partial charge in [0.1, 0.15) is 5.75 Å². The zero-order valence-electron chi connectivity index (χ0n) is 9.65. The number of carbonyl (C=O) groups is 1. The van der Waals surface area contributed by atoms with E-state index < -0.39 is 0 Å². The summed E-state index contributed by atoms with van der Waals surface area (Å²) >= 11 is 0. The molecule has 0 bridgehead atoms. The average Bonchev–Trinajstić information content (AvgIpc) is 2.29. The molecule has 1 aromatic carbocycles. The Bertz CT molecular complexity index is 332. The second-order valence-electron chi connectivity index (χ2n) is 4.06. The molecule has 1 unspecified atom stereocenters. The lowest BCUT2D eigenvalue weighted by Crippen LogP contribution is -2.31. The van der Waals surface area contributed by atoms with Crippen LogP contribution < -0.4 is 5.73 Å². The lowest BCUT2D eigenvalue weighted by molar-refractivity contribution is -0.119. The van der Waals surface area contributed by atoms with Gasteiger partial charge in [0.25, 0.3) is 0 Å². The van der Waals surface area contributed by atoms with Crippen LogP contribution >= 0.6 is 0 Å². The summed E-state index contributed by atoms with van der Waals surface area (Å²) in [7, 11) is 0. The van der Waals surface area contributed by atoms with Crippen molar-refractivity contribution in [2.75, 3.05) is 0 Å². The van der Waals surface area contributed by atoms with Gasteiger partial charge in [-0.1, -0.05) is 31.9 Å². The summed E-state index contributed by atoms with van der Waals surface area (Å²) < 4.78 is 0. The van der Waals surface area contributed by atoms with Gasteiger partial charge in [0.2, 0.25) is 0 Å². The van der Waals surface area contributed by atoms with Crippen molar-refractivity contribution in [2.45, 2.75) is 38.6 Å². The van der Waals surface area contributed by atoms with Gasteiger partial charge in [0, 0.05) is 6.42 Å². The van der Waals surface area contributed by atoms with Crippen LogP contribution in [0.4, 0.5) is 0 Å². The molecule has 0 aromatic heterocycles. The third-order valence-corrected chi connectivity index (χ3v) is 2.60. The molecule has 0 spiro atoms. The van der Waals surface area contributed by atoms with Crippen molar-refractivity contribution in [1.82, 2.24) is 0 Å². The van der Waals surface area contributed by atoms with Gasteiger partial charge in [0.15, 0.2) is 5.78 Å². The molecule has 1 aromatic rings. The molecular weight excluding hydrogens is 202 g/mol. The summed E-state index contributed by atoms with van der Waals surface area (Å²) in [5.41, 5.74) is 6.68. The zero-order valence-corrected chi connectivity index (χ0v) is 9.65. The van der Waals surface area contributed by atoms with Crippen LogP contribution in [-0.4, -0.2) is 16.9 Å². The first-order valence-electron chi connectivity index (χ1n) is 5.69. The largest absolute Gasteiger partial charge is 0.508 e. The molecule has 0 fully saturated rings. The van der Waals surface area contributed by atoms with Crippen LogP contribution in [0.1, 0.15) is 31.7 Å². The molecule has 3 heteroatoms. The van der Waals surface area contributed by atoms with E-state index in [0.717, 1.165) is 24.8 Å². The number of carbonyl (C=O) groups excluding carboxylic acids is 1. The third kappa shape index (κ3) is 4.03. The molecule has 1 rings (SSSR count). The van der Waals surface area contributed by atoms with Crippen molar-refractivity contribution < 1.29 is 9.90 Å². The van der Waals surface area contributed by atoms with E-state index in [0.29, 0.717) is 6.42 Å². The SMILES string of the molecule is CCCCC(N)C(=O)Cc1ccc(O)cc1. The number of unbranched alkanes of at least 4 members (excludes halogenated alkanes) is 1. The minimum atomic E-state index is -0.353. The maximum absolute atomic E-state index is 11.7. The van der Waals surface area contributed by atoms with Gasteiger partial charge in [0.05, 0.1) is 6.04 Å². The fourth-order valence-electron chi connectivity index (χ4n) is 1.53. The summed E-state index contributed by atoms with van der Waals surface area (Å²) in [6, 6.07) is 6.31. The molecule has 0 amide bonds. The number of Topliss-reactive ketones (excluding diaryl/α,β-unsaturated/α-hetero) is 1. The summed E-state index contributed by atoms with van der Waals surface area (Å²) in [5.74, 6) is 0.283. The summed E-state index contributed by atoms with van der Waals surface area (Å²) in [4.78, 5) is 11.7. The molecule has 0 saturated heterocycles. The number of ketones is 1. The number of phenolic OH excluding ortho intramolecular Hbond substituents is 1. The predicted molar refractivity (Wildman–Crippen MR) is 64.3 cm³/mol. The van der Waals surface area contributed by atoms with Gasteiger partial charge in [-0.2, -0.15) is 0 Å². The van der Waals surface area contributed by atoms with Crippen molar-refractivity contribution in [2.24, 2.45) is 5.73 Å². The molecule has 88 valence electrons. The molecule has 0 heterocycles. The van der Waals surface area contributed by atoms with Gasteiger partial charge < -0.3 is 10.8 Å². The first-order chi connectivity index (χ1) is 7.63. The highest BCUT2D eigenvalue weighted by Gasteiger charge is 2.13. The van der Waals surface area contributed by atoms with E-state index in [9.17, 15) is 4.79 Å². The highest BCUT2D eigenvalue weighted by molar-refractivity contribution is 5.85. The summed E-state index contributed by atoms with van der Waals surface area (Å²) in [6.45, 7) is 2.08.